The van der Waals surface area contributed by atoms with Crippen molar-refractivity contribution in [2.45, 2.75) is 43.8 Å². The van der Waals surface area contributed by atoms with Crippen molar-refractivity contribution >= 4 is 17.7 Å². The van der Waals surface area contributed by atoms with E-state index in [0.717, 1.165) is 24.1 Å². The predicted molar refractivity (Wildman–Crippen MR) is 84.2 cm³/mol. The Morgan fingerprint density at radius 1 is 1.40 bits per heavy atom. The summed E-state index contributed by atoms with van der Waals surface area (Å²) < 4.78 is 5.23. The molecule has 1 heterocycles. The number of ether oxygens (including phenoxy) is 1. The summed E-state index contributed by atoms with van der Waals surface area (Å²) in [5.74, 6) is 0.738. The second kappa shape index (κ2) is 7.70. The summed E-state index contributed by atoms with van der Waals surface area (Å²) in [4.78, 5) is 11.9. The van der Waals surface area contributed by atoms with Crippen LogP contribution in [-0.2, 0) is 10.5 Å². The zero-order valence-corrected chi connectivity index (χ0v) is 13.0. The Balaban J connectivity index is 1.90. The van der Waals surface area contributed by atoms with Gasteiger partial charge in [-0.1, -0.05) is 12.1 Å². The molecule has 2 rings (SSSR count). The smallest absolute Gasteiger partial charge is 0.338 e. The number of nitrogens with one attached hydrogen (secondary N) is 1. The summed E-state index contributed by atoms with van der Waals surface area (Å²) in [6.07, 6.45) is 2.40. The molecule has 110 valence electrons. The highest BCUT2D eigenvalue weighted by atomic mass is 32.2. The largest absolute Gasteiger partial charge is 0.459 e. The molecule has 0 radical (unpaired) electrons. The number of hydrogen-bond acceptors (Lipinski definition) is 4. The quantitative estimate of drug-likeness (QED) is 0.846. The molecule has 1 aliphatic rings. The zero-order valence-electron chi connectivity index (χ0n) is 12.2. The van der Waals surface area contributed by atoms with Crippen LogP contribution in [-0.4, -0.2) is 30.4 Å². The minimum atomic E-state index is -0.228. The first-order valence-electron chi connectivity index (χ1n) is 7.27. The Bertz CT molecular complexity index is 442. The van der Waals surface area contributed by atoms with Crippen molar-refractivity contribution in [2.75, 3.05) is 13.1 Å². The summed E-state index contributed by atoms with van der Waals surface area (Å²) in [5, 5.41) is 4.12. The first kappa shape index (κ1) is 15.4. The van der Waals surface area contributed by atoms with Crippen molar-refractivity contribution in [1.82, 2.24) is 5.32 Å². The van der Waals surface area contributed by atoms with Gasteiger partial charge in [0.1, 0.15) is 0 Å². The normalized spacial score (nSPS) is 16.4. The molecule has 1 fully saturated rings. The van der Waals surface area contributed by atoms with E-state index in [-0.39, 0.29) is 12.1 Å². The van der Waals surface area contributed by atoms with E-state index >= 15 is 0 Å². The van der Waals surface area contributed by atoms with Crippen molar-refractivity contribution < 1.29 is 9.53 Å². The summed E-state index contributed by atoms with van der Waals surface area (Å²) in [5.41, 5.74) is 1.86. The van der Waals surface area contributed by atoms with Gasteiger partial charge in [-0.05, 0) is 57.5 Å². The van der Waals surface area contributed by atoms with E-state index in [0.29, 0.717) is 5.56 Å². The fourth-order valence-corrected chi connectivity index (χ4v) is 3.42. The van der Waals surface area contributed by atoms with Crippen LogP contribution in [0.25, 0.3) is 0 Å². The third-order valence-corrected chi connectivity index (χ3v) is 4.72. The Morgan fingerprint density at radius 3 is 2.85 bits per heavy atom. The van der Waals surface area contributed by atoms with Crippen LogP contribution in [0.15, 0.2) is 24.3 Å². The number of esters is 1. The van der Waals surface area contributed by atoms with Gasteiger partial charge in [0.05, 0.1) is 11.7 Å². The Kier molecular flexibility index (Phi) is 5.92. The lowest BCUT2D eigenvalue weighted by Crippen LogP contribution is -2.29. The molecule has 0 aromatic heterocycles. The molecule has 1 N–H and O–H groups in total. The van der Waals surface area contributed by atoms with E-state index < -0.39 is 0 Å². The van der Waals surface area contributed by atoms with Crippen molar-refractivity contribution in [1.29, 1.82) is 0 Å². The van der Waals surface area contributed by atoms with E-state index in [1.807, 2.05) is 43.8 Å². The molecule has 1 aromatic rings. The molecule has 0 atom stereocenters. The number of benzene rings is 1. The Labute approximate surface area is 125 Å². The number of hydrogen-bond donors (Lipinski definition) is 1. The van der Waals surface area contributed by atoms with Gasteiger partial charge in [0.2, 0.25) is 0 Å². The van der Waals surface area contributed by atoms with Gasteiger partial charge in [0, 0.05) is 11.0 Å². The third kappa shape index (κ3) is 4.84. The van der Waals surface area contributed by atoms with Gasteiger partial charge in [-0.25, -0.2) is 4.79 Å². The number of carbonyl (C=O) groups excluding carboxylic acids is 1. The average molecular weight is 293 g/mol. The first-order chi connectivity index (χ1) is 9.65. The second-order valence-corrected chi connectivity index (χ2v) is 6.70. The van der Waals surface area contributed by atoms with Crippen molar-refractivity contribution in [3.05, 3.63) is 35.4 Å². The van der Waals surface area contributed by atoms with E-state index in [9.17, 15) is 4.79 Å². The maximum absolute atomic E-state index is 11.9. The van der Waals surface area contributed by atoms with Gasteiger partial charge < -0.3 is 10.1 Å². The van der Waals surface area contributed by atoms with Gasteiger partial charge in [0.15, 0.2) is 0 Å². The van der Waals surface area contributed by atoms with Crippen LogP contribution in [0, 0.1) is 0 Å². The molecular formula is C16H23NO2S. The maximum Gasteiger partial charge on any atom is 0.338 e. The molecule has 0 saturated carbocycles. The number of carbonyl (C=O) groups is 1. The topological polar surface area (TPSA) is 38.3 Å². The molecule has 0 bridgehead atoms. The molecule has 4 heteroatoms. The van der Waals surface area contributed by atoms with Crippen LogP contribution in [0.2, 0.25) is 0 Å². The highest BCUT2D eigenvalue weighted by Gasteiger charge is 2.14. The molecule has 20 heavy (non-hydrogen) atoms. The molecule has 1 saturated heterocycles. The summed E-state index contributed by atoms with van der Waals surface area (Å²) >= 11 is 1.99. The fraction of sp³-hybridized carbons (Fsp3) is 0.562. The summed E-state index contributed by atoms with van der Waals surface area (Å²) in [6.45, 7) is 5.99. The van der Waals surface area contributed by atoms with Crippen LogP contribution >= 0.6 is 11.8 Å². The van der Waals surface area contributed by atoms with Gasteiger partial charge in [0.25, 0.3) is 0 Å². The van der Waals surface area contributed by atoms with Gasteiger partial charge >= 0.3 is 5.97 Å². The maximum atomic E-state index is 11.9. The highest BCUT2D eigenvalue weighted by Crippen LogP contribution is 2.24. The van der Waals surface area contributed by atoms with Crippen LogP contribution in [0.5, 0.6) is 0 Å². The SMILES string of the molecule is CC(C)OC(=O)c1cccc(CSC2CCNCC2)c1. The average Bonchev–Trinajstić information content (AvgIpc) is 2.46. The van der Waals surface area contributed by atoms with E-state index in [1.54, 1.807) is 0 Å². The first-order valence-corrected chi connectivity index (χ1v) is 8.32. The summed E-state index contributed by atoms with van der Waals surface area (Å²) in [6, 6.07) is 7.80. The predicted octanol–water partition coefficient (Wildman–Crippen LogP) is 3.24. The molecular weight excluding hydrogens is 270 g/mol. The van der Waals surface area contributed by atoms with Crippen LogP contribution in [0.3, 0.4) is 0 Å². The number of piperidine rings is 1. The van der Waals surface area contributed by atoms with E-state index in [2.05, 4.69) is 11.4 Å². The molecule has 0 unspecified atom stereocenters. The summed E-state index contributed by atoms with van der Waals surface area (Å²) in [7, 11) is 0. The van der Waals surface area contributed by atoms with Crippen LogP contribution < -0.4 is 5.32 Å². The molecule has 1 aromatic carbocycles. The fourth-order valence-electron chi connectivity index (χ4n) is 2.25. The lowest BCUT2D eigenvalue weighted by molar-refractivity contribution is 0.0378. The lowest BCUT2D eigenvalue weighted by Gasteiger charge is -2.22. The molecule has 3 nitrogen and oxygen atoms in total. The second-order valence-electron chi connectivity index (χ2n) is 5.41. The number of thioether (sulfide) groups is 1. The Morgan fingerprint density at radius 2 is 2.15 bits per heavy atom. The van der Waals surface area contributed by atoms with Gasteiger partial charge in [-0.15, -0.1) is 0 Å². The lowest BCUT2D eigenvalue weighted by atomic mass is 10.1. The third-order valence-electron chi connectivity index (χ3n) is 3.28. The Hall–Kier alpha value is -1.00. The zero-order chi connectivity index (χ0) is 14.4. The number of rotatable bonds is 5. The van der Waals surface area contributed by atoms with E-state index in [4.69, 9.17) is 4.74 Å². The minimum absolute atomic E-state index is 0.0738. The van der Waals surface area contributed by atoms with E-state index in [1.165, 1.54) is 18.4 Å². The monoisotopic (exact) mass is 293 g/mol. The standard InChI is InChI=1S/C16H23NO2S/c1-12(2)19-16(18)14-5-3-4-13(10-14)11-20-15-6-8-17-9-7-15/h3-5,10,12,15,17H,6-9,11H2,1-2H3. The molecule has 1 aliphatic heterocycles. The highest BCUT2D eigenvalue weighted by molar-refractivity contribution is 7.99. The minimum Gasteiger partial charge on any atom is -0.459 e. The van der Waals surface area contributed by atoms with Gasteiger partial charge in [-0.3, -0.25) is 0 Å². The molecule has 0 spiro atoms. The van der Waals surface area contributed by atoms with Crippen molar-refractivity contribution in [3.8, 4) is 0 Å². The molecule has 0 aliphatic carbocycles. The molecule has 0 amide bonds. The van der Waals surface area contributed by atoms with Crippen LogP contribution in [0.1, 0.15) is 42.6 Å². The van der Waals surface area contributed by atoms with Crippen LogP contribution in [0.4, 0.5) is 0 Å². The van der Waals surface area contributed by atoms with Gasteiger partial charge in [-0.2, -0.15) is 11.8 Å². The van der Waals surface area contributed by atoms with Crippen molar-refractivity contribution in [3.63, 3.8) is 0 Å². The van der Waals surface area contributed by atoms with Crippen molar-refractivity contribution in [2.24, 2.45) is 0 Å².